The lowest BCUT2D eigenvalue weighted by molar-refractivity contribution is -0.141. The number of hydrogen-bond acceptors (Lipinski definition) is 5. The summed E-state index contributed by atoms with van der Waals surface area (Å²) in [5.41, 5.74) is 0. The van der Waals surface area contributed by atoms with Crippen molar-refractivity contribution in [2.24, 2.45) is 0 Å². The van der Waals surface area contributed by atoms with Crippen LogP contribution in [-0.2, 0) is 9.53 Å². The summed E-state index contributed by atoms with van der Waals surface area (Å²) in [6, 6.07) is 3.38. The summed E-state index contributed by atoms with van der Waals surface area (Å²) in [4.78, 5) is 27.0. The predicted molar refractivity (Wildman–Crippen MR) is 67.7 cm³/mol. The van der Waals surface area contributed by atoms with Gasteiger partial charge in [0.1, 0.15) is 0 Å². The van der Waals surface area contributed by atoms with Crippen molar-refractivity contribution >= 4 is 11.9 Å². The summed E-state index contributed by atoms with van der Waals surface area (Å²) in [7, 11) is 1.39. The number of ether oxygens (including phenoxy) is 1. The van der Waals surface area contributed by atoms with Gasteiger partial charge in [-0.1, -0.05) is 0 Å². The molecule has 6 heteroatoms. The lowest BCUT2D eigenvalue weighted by Crippen LogP contribution is -2.49. The molecular formula is C13H18N2O4. The normalized spacial score (nSPS) is 16.4. The topological polar surface area (TPSA) is 63.0 Å². The molecule has 0 spiro atoms. The number of amides is 1. The number of nitrogens with zero attached hydrogens (tertiary/aromatic N) is 2. The maximum absolute atomic E-state index is 12.0. The number of carbonyl (C=O) groups is 2. The maximum Gasteiger partial charge on any atom is 0.306 e. The van der Waals surface area contributed by atoms with Crippen molar-refractivity contribution in [1.82, 2.24) is 9.80 Å². The molecule has 0 bridgehead atoms. The van der Waals surface area contributed by atoms with Gasteiger partial charge in [-0.15, -0.1) is 0 Å². The SMILES string of the molecule is COC(=O)CCN1CCN(C(=O)c2ccco2)CC1. The van der Waals surface area contributed by atoms with E-state index in [9.17, 15) is 9.59 Å². The van der Waals surface area contributed by atoms with Crippen LogP contribution in [0.4, 0.5) is 0 Å². The van der Waals surface area contributed by atoms with Crippen molar-refractivity contribution in [3.63, 3.8) is 0 Å². The molecule has 1 aliphatic heterocycles. The predicted octanol–water partition coefficient (Wildman–Crippen LogP) is 0.600. The maximum atomic E-state index is 12.0. The zero-order valence-corrected chi connectivity index (χ0v) is 11.0. The van der Waals surface area contributed by atoms with Crippen molar-refractivity contribution in [3.8, 4) is 0 Å². The third kappa shape index (κ3) is 3.57. The van der Waals surface area contributed by atoms with Crippen LogP contribution in [-0.4, -0.2) is 61.5 Å². The molecule has 1 aromatic heterocycles. The minimum Gasteiger partial charge on any atom is -0.469 e. The first kappa shape index (κ1) is 13.6. The summed E-state index contributed by atoms with van der Waals surface area (Å²) in [5, 5.41) is 0. The second-order valence-electron chi connectivity index (χ2n) is 4.44. The Kier molecular flexibility index (Phi) is 4.57. The molecule has 0 unspecified atom stereocenters. The molecule has 1 fully saturated rings. The molecule has 1 aromatic rings. The molecule has 0 aromatic carbocycles. The van der Waals surface area contributed by atoms with E-state index >= 15 is 0 Å². The summed E-state index contributed by atoms with van der Waals surface area (Å²) in [5.74, 6) is 0.106. The molecule has 0 aliphatic carbocycles. The van der Waals surface area contributed by atoms with Gasteiger partial charge < -0.3 is 14.1 Å². The molecule has 0 radical (unpaired) electrons. The highest BCUT2D eigenvalue weighted by atomic mass is 16.5. The van der Waals surface area contributed by atoms with Crippen LogP contribution in [0.15, 0.2) is 22.8 Å². The largest absolute Gasteiger partial charge is 0.469 e. The van der Waals surface area contributed by atoms with Gasteiger partial charge in [0, 0.05) is 32.7 Å². The number of methoxy groups -OCH3 is 1. The van der Waals surface area contributed by atoms with Gasteiger partial charge in [0.15, 0.2) is 5.76 Å². The molecule has 2 heterocycles. The van der Waals surface area contributed by atoms with Gasteiger partial charge >= 0.3 is 5.97 Å². The fourth-order valence-electron chi connectivity index (χ4n) is 2.08. The van der Waals surface area contributed by atoms with E-state index in [2.05, 4.69) is 9.64 Å². The summed E-state index contributed by atoms with van der Waals surface area (Å²) >= 11 is 0. The Morgan fingerprint density at radius 1 is 1.32 bits per heavy atom. The number of piperazine rings is 1. The average molecular weight is 266 g/mol. The van der Waals surface area contributed by atoms with E-state index < -0.39 is 0 Å². The number of furan rings is 1. The standard InChI is InChI=1S/C13H18N2O4/c1-18-12(16)4-5-14-6-8-15(9-7-14)13(17)11-3-2-10-19-11/h2-3,10H,4-9H2,1H3. The molecule has 0 saturated carbocycles. The van der Waals surface area contributed by atoms with Crippen LogP contribution in [0, 0.1) is 0 Å². The highest BCUT2D eigenvalue weighted by Crippen LogP contribution is 2.09. The van der Waals surface area contributed by atoms with Gasteiger partial charge in [-0.05, 0) is 12.1 Å². The lowest BCUT2D eigenvalue weighted by atomic mass is 10.2. The molecular weight excluding hydrogens is 248 g/mol. The van der Waals surface area contributed by atoms with Crippen LogP contribution in [0.1, 0.15) is 17.0 Å². The van der Waals surface area contributed by atoms with Gasteiger partial charge in [0.05, 0.1) is 19.8 Å². The number of hydrogen-bond donors (Lipinski definition) is 0. The van der Waals surface area contributed by atoms with E-state index in [0.29, 0.717) is 31.8 Å². The van der Waals surface area contributed by atoms with E-state index in [1.54, 1.807) is 17.0 Å². The Morgan fingerprint density at radius 3 is 2.63 bits per heavy atom. The van der Waals surface area contributed by atoms with E-state index in [1.165, 1.54) is 13.4 Å². The first-order chi connectivity index (χ1) is 9.20. The van der Waals surface area contributed by atoms with E-state index in [1.807, 2.05) is 0 Å². The second-order valence-corrected chi connectivity index (χ2v) is 4.44. The highest BCUT2D eigenvalue weighted by molar-refractivity contribution is 5.91. The Morgan fingerprint density at radius 2 is 2.05 bits per heavy atom. The summed E-state index contributed by atoms with van der Waals surface area (Å²) in [6.45, 7) is 3.52. The van der Waals surface area contributed by atoms with Crippen LogP contribution >= 0.6 is 0 Å². The Labute approximate surface area is 111 Å². The van der Waals surface area contributed by atoms with Crippen molar-refractivity contribution in [2.75, 3.05) is 39.8 Å². The fourth-order valence-corrected chi connectivity index (χ4v) is 2.08. The van der Waals surface area contributed by atoms with Crippen LogP contribution in [0.5, 0.6) is 0 Å². The van der Waals surface area contributed by atoms with Crippen LogP contribution in [0.25, 0.3) is 0 Å². The molecule has 2 rings (SSSR count). The monoisotopic (exact) mass is 266 g/mol. The van der Waals surface area contributed by atoms with Crippen molar-refractivity contribution in [1.29, 1.82) is 0 Å². The molecule has 1 saturated heterocycles. The molecule has 0 N–H and O–H groups in total. The van der Waals surface area contributed by atoms with Gasteiger partial charge in [-0.25, -0.2) is 0 Å². The van der Waals surface area contributed by atoms with E-state index in [-0.39, 0.29) is 11.9 Å². The number of rotatable bonds is 4. The minimum atomic E-state index is -0.200. The van der Waals surface area contributed by atoms with Crippen molar-refractivity contribution in [2.45, 2.75) is 6.42 Å². The van der Waals surface area contributed by atoms with Crippen molar-refractivity contribution in [3.05, 3.63) is 24.2 Å². The summed E-state index contributed by atoms with van der Waals surface area (Å²) in [6.07, 6.45) is 1.89. The molecule has 6 nitrogen and oxygen atoms in total. The summed E-state index contributed by atoms with van der Waals surface area (Å²) < 4.78 is 9.71. The first-order valence-corrected chi connectivity index (χ1v) is 6.32. The Bertz CT molecular complexity index is 422. The number of carbonyl (C=O) groups excluding carboxylic acids is 2. The van der Waals surface area contributed by atoms with Gasteiger partial charge in [0.2, 0.25) is 0 Å². The average Bonchev–Trinajstić information content (AvgIpc) is 2.98. The van der Waals surface area contributed by atoms with Crippen LogP contribution in [0.2, 0.25) is 0 Å². The molecule has 0 atom stereocenters. The lowest BCUT2D eigenvalue weighted by Gasteiger charge is -2.34. The zero-order valence-electron chi connectivity index (χ0n) is 11.0. The minimum absolute atomic E-state index is 0.0717. The van der Waals surface area contributed by atoms with Gasteiger partial charge in [-0.3, -0.25) is 14.5 Å². The van der Waals surface area contributed by atoms with Gasteiger partial charge in [-0.2, -0.15) is 0 Å². The third-order valence-corrected chi connectivity index (χ3v) is 3.25. The van der Waals surface area contributed by atoms with Crippen LogP contribution in [0.3, 0.4) is 0 Å². The van der Waals surface area contributed by atoms with Crippen LogP contribution < -0.4 is 0 Å². The second kappa shape index (κ2) is 6.38. The molecule has 104 valence electrons. The molecule has 1 aliphatic rings. The van der Waals surface area contributed by atoms with Crippen molar-refractivity contribution < 1.29 is 18.7 Å². The molecule has 1 amide bonds. The smallest absolute Gasteiger partial charge is 0.306 e. The highest BCUT2D eigenvalue weighted by Gasteiger charge is 2.23. The Balaban J connectivity index is 1.76. The molecule has 19 heavy (non-hydrogen) atoms. The quantitative estimate of drug-likeness (QED) is 0.747. The zero-order chi connectivity index (χ0) is 13.7. The Hall–Kier alpha value is -1.82. The van der Waals surface area contributed by atoms with Gasteiger partial charge in [0.25, 0.3) is 5.91 Å². The van der Waals surface area contributed by atoms with E-state index in [0.717, 1.165) is 13.1 Å². The number of esters is 1. The first-order valence-electron chi connectivity index (χ1n) is 6.32. The van der Waals surface area contributed by atoms with E-state index in [4.69, 9.17) is 4.42 Å². The third-order valence-electron chi connectivity index (χ3n) is 3.25. The fraction of sp³-hybridized carbons (Fsp3) is 0.538.